The summed E-state index contributed by atoms with van der Waals surface area (Å²) in [6, 6.07) is 0.451. The van der Waals surface area contributed by atoms with Crippen LogP contribution >= 0.6 is 0 Å². The average molecular weight is 298 g/mol. The zero-order valence-corrected chi connectivity index (χ0v) is 14.1. The molecule has 0 spiro atoms. The molecule has 0 aromatic carbocycles. The maximum atomic E-state index is 11.9. The Balaban J connectivity index is 2.29. The molecule has 0 aliphatic carbocycles. The van der Waals surface area contributed by atoms with Crippen molar-refractivity contribution in [2.45, 2.75) is 45.6 Å². The van der Waals surface area contributed by atoms with Gasteiger partial charge >= 0.3 is 0 Å². The van der Waals surface area contributed by atoms with E-state index in [1.165, 1.54) is 0 Å². The summed E-state index contributed by atoms with van der Waals surface area (Å²) in [4.78, 5) is 16.8. The number of carbonyl (C=O) groups excluding carboxylic acids is 1. The Hall–Kier alpha value is -0.650. The van der Waals surface area contributed by atoms with Gasteiger partial charge in [0.1, 0.15) is 0 Å². The number of nitrogens with one attached hydrogen (secondary N) is 1. The maximum Gasteiger partial charge on any atom is 0.220 e. The molecule has 1 fully saturated rings. The van der Waals surface area contributed by atoms with Gasteiger partial charge in [-0.15, -0.1) is 0 Å². The van der Waals surface area contributed by atoms with Gasteiger partial charge in [0.05, 0.1) is 0 Å². The molecule has 0 radical (unpaired) electrons. The Bertz CT molecular complexity index is 288. The van der Waals surface area contributed by atoms with E-state index in [9.17, 15) is 4.79 Å². The summed E-state index contributed by atoms with van der Waals surface area (Å²) in [6.45, 7) is 10.4. The SMILES string of the molecule is CC(C)C(CNC(=O)CCCCCN)N1CCN(C)CC1. The minimum absolute atomic E-state index is 0.187. The number of nitrogens with zero attached hydrogens (tertiary/aromatic N) is 2. The molecule has 0 aromatic heterocycles. The van der Waals surface area contributed by atoms with Gasteiger partial charge in [-0.3, -0.25) is 9.69 Å². The third kappa shape index (κ3) is 7.25. The highest BCUT2D eigenvalue weighted by Crippen LogP contribution is 2.13. The number of piperazine rings is 1. The second kappa shape index (κ2) is 10.1. The molecule has 21 heavy (non-hydrogen) atoms. The Labute approximate surface area is 130 Å². The van der Waals surface area contributed by atoms with Gasteiger partial charge in [0, 0.05) is 45.2 Å². The van der Waals surface area contributed by atoms with Crippen LogP contribution in [0, 0.1) is 5.92 Å². The number of unbranched alkanes of at least 4 members (excludes halogenated alkanes) is 2. The van der Waals surface area contributed by atoms with E-state index in [-0.39, 0.29) is 5.91 Å². The highest BCUT2D eigenvalue weighted by atomic mass is 16.1. The monoisotopic (exact) mass is 298 g/mol. The fourth-order valence-corrected chi connectivity index (χ4v) is 2.85. The van der Waals surface area contributed by atoms with Gasteiger partial charge in [-0.1, -0.05) is 20.3 Å². The summed E-state index contributed by atoms with van der Waals surface area (Å²) < 4.78 is 0. The molecule has 5 heteroatoms. The number of amides is 1. The average Bonchev–Trinajstić information content (AvgIpc) is 2.45. The number of carbonyl (C=O) groups is 1. The van der Waals surface area contributed by atoms with E-state index >= 15 is 0 Å². The van der Waals surface area contributed by atoms with Crippen LogP contribution in [0.4, 0.5) is 0 Å². The first kappa shape index (κ1) is 18.4. The molecular weight excluding hydrogens is 264 g/mol. The van der Waals surface area contributed by atoms with Crippen molar-refractivity contribution < 1.29 is 4.79 Å². The minimum atomic E-state index is 0.187. The van der Waals surface area contributed by atoms with Crippen LogP contribution in [0.25, 0.3) is 0 Å². The van der Waals surface area contributed by atoms with Crippen LogP contribution in [0.3, 0.4) is 0 Å². The maximum absolute atomic E-state index is 11.9. The van der Waals surface area contributed by atoms with E-state index < -0.39 is 0 Å². The van der Waals surface area contributed by atoms with E-state index in [1.807, 2.05) is 0 Å². The molecule has 1 heterocycles. The minimum Gasteiger partial charge on any atom is -0.355 e. The van der Waals surface area contributed by atoms with Gasteiger partial charge in [-0.25, -0.2) is 0 Å². The number of hydrogen-bond donors (Lipinski definition) is 2. The van der Waals surface area contributed by atoms with E-state index in [0.29, 0.717) is 18.4 Å². The fraction of sp³-hybridized carbons (Fsp3) is 0.938. The molecule has 1 amide bonds. The van der Waals surface area contributed by atoms with Crippen LogP contribution in [0.5, 0.6) is 0 Å². The molecule has 0 bridgehead atoms. The van der Waals surface area contributed by atoms with Crippen molar-refractivity contribution in [1.29, 1.82) is 0 Å². The van der Waals surface area contributed by atoms with Gasteiger partial charge in [0.25, 0.3) is 0 Å². The third-order valence-electron chi connectivity index (χ3n) is 4.39. The first-order chi connectivity index (χ1) is 10.0. The molecule has 1 aliphatic rings. The zero-order valence-electron chi connectivity index (χ0n) is 14.1. The van der Waals surface area contributed by atoms with Crippen molar-refractivity contribution in [3.8, 4) is 0 Å². The largest absolute Gasteiger partial charge is 0.355 e. The van der Waals surface area contributed by atoms with Crippen molar-refractivity contribution in [2.75, 3.05) is 46.3 Å². The summed E-state index contributed by atoms with van der Waals surface area (Å²) in [5.74, 6) is 0.748. The summed E-state index contributed by atoms with van der Waals surface area (Å²) in [5, 5.41) is 3.12. The topological polar surface area (TPSA) is 61.6 Å². The first-order valence-corrected chi connectivity index (χ1v) is 8.44. The van der Waals surface area contributed by atoms with Gasteiger partial charge in [0.15, 0.2) is 0 Å². The van der Waals surface area contributed by atoms with Crippen LogP contribution in [0.15, 0.2) is 0 Å². The molecular formula is C16H34N4O. The first-order valence-electron chi connectivity index (χ1n) is 8.44. The number of rotatable bonds is 9. The lowest BCUT2D eigenvalue weighted by atomic mass is 10.0. The van der Waals surface area contributed by atoms with Gasteiger partial charge in [-0.05, 0) is 32.4 Å². The predicted molar refractivity (Wildman–Crippen MR) is 88.2 cm³/mol. The molecule has 0 saturated carbocycles. The lowest BCUT2D eigenvalue weighted by molar-refractivity contribution is -0.121. The van der Waals surface area contributed by atoms with E-state index in [2.05, 4.69) is 36.0 Å². The Morgan fingerprint density at radius 2 is 1.81 bits per heavy atom. The van der Waals surface area contributed by atoms with Gasteiger partial charge in [-0.2, -0.15) is 0 Å². The van der Waals surface area contributed by atoms with Crippen LogP contribution in [-0.2, 0) is 4.79 Å². The Kier molecular flexibility index (Phi) is 8.88. The molecule has 3 N–H and O–H groups in total. The normalized spacial score (nSPS) is 18.9. The van der Waals surface area contributed by atoms with Crippen LogP contribution in [-0.4, -0.2) is 68.1 Å². The molecule has 1 atom stereocenters. The fourth-order valence-electron chi connectivity index (χ4n) is 2.85. The zero-order chi connectivity index (χ0) is 15.7. The molecule has 5 nitrogen and oxygen atoms in total. The number of nitrogens with two attached hydrogens (primary N) is 1. The quantitative estimate of drug-likeness (QED) is 0.621. The van der Waals surface area contributed by atoms with E-state index in [4.69, 9.17) is 5.73 Å². The number of hydrogen-bond acceptors (Lipinski definition) is 4. The Morgan fingerprint density at radius 3 is 2.38 bits per heavy atom. The lowest BCUT2D eigenvalue weighted by Crippen LogP contribution is -2.54. The second-order valence-corrected chi connectivity index (χ2v) is 6.55. The van der Waals surface area contributed by atoms with Crippen molar-refractivity contribution in [3.63, 3.8) is 0 Å². The van der Waals surface area contributed by atoms with Crippen LogP contribution < -0.4 is 11.1 Å². The molecule has 1 saturated heterocycles. The van der Waals surface area contributed by atoms with Crippen LogP contribution in [0.1, 0.15) is 39.5 Å². The Morgan fingerprint density at radius 1 is 1.14 bits per heavy atom. The highest BCUT2D eigenvalue weighted by molar-refractivity contribution is 5.75. The van der Waals surface area contributed by atoms with Crippen LogP contribution in [0.2, 0.25) is 0 Å². The predicted octanol–water partition coefficient (Wildman–Crippen LogP) is 0.894. The molecule has 1 aliphatic heterocycles. The number of likely N-dealkylation sites (N-methyl/N-ethyl adjacent to an activating group) is 1. The van der Waals surface area contributed by atoms with Crippen molar-refractivity contribution in [3.05, 3.63) is 0 Å². The summed E-state index contributed by atoms with van der Waals surface area (Å²) in [7, 11) is 2.17. The molecule has 0 aromatic rings. The summed E-state index contributed by atoms with van der Waals surface area (Å²) >= 11 is 0. The summed E-state index contributed by atoms with van der Waals surface area (Å²) in [5.41, 5.74) is 5.46. The smallest absolute Gasteiger partial charge is 0.220 e. The summed E-state index contributed by atoms with van der Waals surface area (Å²) in [6.07, 6.45) is 3.65. The molecule has 1 unspecified atom stereocenters. The van der Waals surface area contributed by atoms with Crippen molar-refractivity contribution in [2.24, 2.45) is 11.7 Å². The van der Waals surface area contributed by atoms with E-state index in [1.54, 1.807) is 0 Å². The molecule has 1 rings (SSSR count). The highest BCUT2D eigenvalue weighted by Gasteiger charge is 2.25. The van der Waals surface area contributed by atoms with Gasteiger partial charge < -0.3 is 16.0 Å². The third-order valence-corrected chi connectivity index (χ3v) is 4.39. The lowest BCUT2D eigenvalue weighted by Gasteiger charge is -2.39. The molecule has 124 valence electrons. The standard InChI is InChI=1S/C16H34N4O/c1-14(2)15(20-11-9-19(3)10-12-20)13-18-16(21)7-5-4-6-8-17/h14-15H,4-13,17H2,1-3H3,(H,18,21). The van der Waals surface area contributed by atoms with Crippen molar-refractivity contribution >= 4 is 5.91 Å². The second-order valence-electron chi connectivity index (χ2n) is 6.55. The van der Waals surface area contributed by atoms with Gasteiger partial charge in [0.2, 0.25) is 5.91 Å². The van der Waals surface area contributed by atoms with E-state index in [0.717, 1.165) is 58.5 Å². The van der Waals surface area contributed by atoms with Crippen molar-refractivity contribution in [1.82, 2.24) is 15.1 Å².